The normalized spacial score (nSPS) is 20.1. The van der Waals surface area contributed by atoms with Crippen molar-refractivity contribution in [2.75, 3.05) is 19.6 Å². The Hall–Kier alpha value is -0.900. The highest BCUT2D eigenvalue weighted by Crippen LogP contribution is 2.17. The number of hydrogen-bond acceptors (Lipinski definition) is 2. The molecule has 0 bridgehead atoms. The number of quaternary nitrogens is 1. The largest absolute Gasteiger partial charge is 0.472 e. The third-order valence-electron chi connectivity index (χ3n) is 4.12. The van der Waals surface area contributed by atoms with Crippen LogP contribution in [0.4, 0.5) is 0 Å². The molecule has 1 aliphatic heterocycles. The zero-order valence-electron chi connectivity index (χ0n) is 11.9. The lowest BCUT2D eigenvalue weighted by molar-refractivity contribution is -0.648. The summed E-state index contributed by atoms with van der Waals surface area (Å²) in [5.41, 5.74) is 1.37. The molecular weight excluding hydrogens is 234 g/mol. The Balaban J connectivity index is 1.84. The lowest BCUT2D eigenvalue weighted by Gasteiger charge is -2.28. The number of benzene rings is 1. The summed E-state index contributed by atoms with van der Waals surface area (Å²) in [6.45, 7) is 5.68. The van der Waals surface area contributed by atoms with Crippen molar-refractivity contribution in [1.29, 1.82) is 0 Å². The zero-order chi connectivity index (χ0) is 13.5. The van der Waals surface area contributed by atoms with Crippen molar-refractivity contribution in [3.63, 3.8) is 0 Å². The maximum atomic E-state index is 4.02. The number of nitrogens with one attached hydrogen (secondary N) is 2. The summed E-state index contributed by atoms with van der Waals surface area (Å²) in [4.78, 5) is 0. The van der Waals surface area contributed by atoms with Crippen LogP contribution in [0.15, 0.2) is 30.3 Å². The monoisotopic (exact) mass is 261 g/mol. The van der Waals surface area contributed by atoms with E-state index >= 15 is 0 Å². The lowest BCUT2D eigenvalue weighted by Crippen LogP contribution is -2.80. The van der Waals surface area contributed by atoms with Crippen LogP contribution in [0.25, 0.3) is 0 Å². The standard InChI is InChI=1S/C16H27N3/c1-13(12-19-15-8-10-18-11-9-15)16(17-2)14-6-4-3-5-7-14/h3-7,13,15-16,18-19H,2,8-12,17H2,1H3/t13-,16+/m0/s1. The first-order chi connectivity index (χ1) is 9.31. The number of rotatable bonds is 6. The molecule has 2 rings (SSSR count). The van der Waals surface area contributed by atoms with Gasteiger partial charge in [-0.1, -0.05) is 37.3 Å². The first-order valence-corrected chi connectivity index (χ1v) is 7.43. The SMILES string of the molecule is [CH2-][NH2+][C@@H](c1ccccc1)[C@@H](C)CNC1CCNCC1. The van der Waals surface area contributed by atoms with Crippen LogP contribution in [-0.2, 0) is 0 Å². The van der Waals surface area contributed by atoms with Gasteiger partial charge >= 0.3 is 0 Å². The summed E-state index contributed by atoms with van der Waals surface area (Å²) in [7, 11) is 4.02. The van der Waals surface area contributed by atoms with Crippen LogP contribution in [0.5, 0.6) is 0 Å². The van der Waals surface area contributed by atoms with Crippen molar-refractivity contribution in [3.8, 4) is 0 Å². The molecule has 1 aromatic rings. The summed E-state index contributed by atoms with van der Waals surface area (Å²) >= 11 is 0. The zero-order valence-corrected chi connectivity index (χ0v) is 11.9. The molecule has 1 heterocycles. The van der Waals surface area contributed by atoms with E-state index in [0.29, 0.717) is 18.0 Å². The third-order valence-corrected chi connectivity index (χ3v) is 4.12. The average molecular weight is 261 g/mol. The van der Waals surface area contributed by atoms with Crippen LogP contribution < -0.4 is 16.0 Å². The molecule has 3 nitrogen and oxygen atoms in total. The van der Waals surface area contributed by atoms with Gasteiger partial charge in [0.15, 0.2) is 0 Å². The Labute approximate surface area is 117 Å². The summed E-state index contributed by atoms with van der Waals surface area (Å²) < 4.78 is 0. The van der Waals surface area contributed by atoms with Gasteiger partial charge in [-0.3, -0.25) is 0 Å². The minimum absolute atomic E-state index is 0.440. The fourth-order valence-electron chi connectivity index (χ4n) is 2.88. The molecule has 0 saturated carbocycles. The summed E-state index contributed by atoms with van der Waals surface area (Å²) in [6, 6.07) is 11.8. The van der Waals surface area contributed by atoms with Gasteiger partial charge in [0.25, 0.3) is 0 Å². The van der Waals surface area contributed by atoms with Gasteiger partial charge in [0.05, 0.1) is 6.04 Å². The van der Waals surface area contributed by atoms with E-state index in [9.17, 15) is 0 Å². The molecule has 0 aromatic heterocycles. The molecule has 1 fully saturated rings. The molecule has 1 aromatic carbocycles. The maximum Gasteiger partial charge on any atom is 0.0914 e. The molecule has 106 valence electrons. The topological polar surface area (TPSA) is 40.7 Å². The molecule has 3 heteroatoms. The van der Waals surface area contributed by atoms with Gasteiger partial charge in [-0.2, -0.15) is 7.05 Å². The minimum atomic E-state index is 0.440. The van der Waals surface area contributed by atoms with E-state index in [1.807, 2.05) is 0 Å². The minimum Gasteiger partial charge on any atom is -0.472 e. The van der Waals surface area contributed by atoms with Crippen LogP contribution in [0.3, 0.4) is 0 Å². The van der Waals surface area contributed by atoms with Crippen molar-refractivity contribution in [3.05, 3.63) is 42.9 Å². The van der Waals surface area contributed by atoms with Crippen LogP contribution in [0.2, 0.25) is 0 Å². The molecular formula is C16H27N3. The Morgan fingerprint density at radius 1 is 1.32 bits per heavy atom. The van der Waals surface area contributed by atoms with Crippen LogP contribution in [0, 0.1) is 13.0 Å². The Morgan fingerprint density at radius 2 is 2.00 bits per heavy atom. The van der Waals surface area contributed by atoms with Gasteiger partial charge in [-0.15, -0.1) is 0 Å². The van der Waals surface area contributed by atoms with Gasteiger partial charge < -0.3 is 16.0 Å². The number of nitrogens with two attached hydrogens (primary N) is 1. The van der Waals surface area contributed by atoms with Crippen LogP contribution in [-0.4, -0.2) is 25.7 Å². The van der Waals surface area contributed by atoms with Crippen molar-refractivity contribution in [2.45, 2.75) is 31.8 Å². The molecule has 0 amide bonds. The number of hydrogen-bond donors (Lipinski definition) is 3. The van der Waals surface area contributed by atoms with E-state index in [0.717, 1.165) is 19.6 Å². The Kier molecular flexibility index (Phi) is 5.83. The molecule has 1 aliphatic rings. The first-order valence-electron chi connectivity index (χ1n) is 7.43. The Morgan fingerprint density at radius 3 is 2.63 bits per heavy atom. The quantitative estimate of drug-likeness (QED) is 0.670. The van der Waals surface area contributed by atoms with E-state index in [1.165, 1.54) is 18.4 Å². The van der Waals surface area contributed by atoms with E-state index in [4.69, 9.17) is 0 Å². The maximum absolute atomic E-state index is 4.02. The van der Waals surface area contributed by atoms with Crippen LogP contribution >= 0.6 is 0 Å². The van der Waals surface area contributed by atoms with E-state index in [1.54, 1.807) is 0 Å². The highest BCUT2D eigenvalue weighted by Gasteiger charge is 2.20. The molecule has 1 saturated heterocycles. The van der Waals surface area contributed by atoms with Gasteiger partial charge in [-0.25, -0.2) is 0 Å². The predicted molar refractivity (Wildman–Crippen MR) is 79.5 cm³/mol. The second-order valence-electron chi connectivity index (χ2n) is 5.58. The molecule has 2 atom stereocenters. The molecule has 4 N–H and O–H groups in total. The smallest absolute Gasteiger partial charge is 0.0914 e. The lowest BCUT2D eigenvalue weighted by atomic mass is 9.94. The number of piperidine rings is 1. The summed E-state index contributed by atoms with van der Waals surface area (Å²) in [5.74, 6) is 0.579. The molecule has 0 unspecified atom stereocenters. The predicted octanol–water partition coefficient (Wildman–Crippen LogP) is 1.06. The van der Waals surface area contributed by atoms with Crippen molar-refractivity contribution in [1.82, 2.24) is 10.6 Å². The van der Waals surface area contributed by atoms with Crippen molar-refractivity contribution >= 4 is 0 Å². The van der Waals surface area contributed by atoms with Crippen molar-refractivity contribution < 1.29 is 5.32 Å². The second kappa shape index (κ2) is 7.63. The molecule has 0 radical (unpaired) electrons. The van der Waals surface area contributed by atoms with Crippen LogP contribution in [0.1, 0.15) is 31.4 Å². The molecule has 19 heavy (non-hydrogen) atoms. The van der Waals surface area contributed by atoms with E-state index < -0.39 is 0 Å². The fraction of sp³-hybridized carbons (Fsp3) is 0.562. The molecule has 0 aliphatic carbocycles. The van der Waals surface area contributed by atoms with Crippen molar-refractivity contribution in [2.24, 2.45) is 5.92 Å². The van der Waals surface area contributed by atoms with E-state index in [-0.39, 0.29) is 0 Å². The highest BCUT2D eigenvalue weighted by molar-refractivity contribution is 5.17. The Bertz CT molecular complexity index is 346. The van der Waals surface area contributed by atoms with Gasteiger partial charge in [0.1, 0.15) is 0 Å². The third kappa shape index (κ3) is 4.30. The fourth-order valence-corrected chi connectivity index (χ4v) is 2.88. The summed E-state index contributed by atoms with van der Waals surface area (Å²) in [6.07, 6.45) is 2.49. The first kappa shape index (κ1) is 14.5. The highest BCUT2D eigenvalue weighted by atomic mass is 15.0. The molecule has 0 spiro atoms. The van der Waals surface area contributed by atoms with Gasteiger partial charge in [-0.05, 0) is 25.9 Å². The second-order valence-corrected chi connectivity index (χ2v) is 5.58. The average Bonchev–Trinajstić information content (AvgIpc) is 2.48. The van der Waals surface area contributed by atoms with Gasteiger partial charge in [0.2, 0.25) is 0 Å². The van der Waals surface area contributed by atoms with Gasteiger partial charge in [0, 0.05) is 24.1 Å². The van der Waals surface area contributed by atoms with E-state index in [2.05, 4.69) is 60.3 Å². The summed E-state index contributed by atoms with van der Waals surface area (Å²) in [5, 5.41) is 9.21.